The van der Waals surface area contributed by atoms with Crippen LogP contribution in [0.4, 0.5) is 0 Å². The molecule has 3 rings (SSSR count). The number of hydrogen-bond donors (Lipinski definition) is 0. The smallest absolute Gasteiger partial charge is 0.227 e. The zero-order valence-electron chi connectivity index (χ0n) is 16.0. The first kappa shape index (κ1) is 19.7. The number of likely N-dealkylation sites (tertiary alicyclic amines) is 1. The number of methoxy groups -OCH3 is 1. The molecule has 0 spiro atoms. The molecule has 2 aromatic carbocycles. The highest BCUT2D eigenvalue weighted by molar-refractivity contribution is 6.31. The minimum absolute atomic E-state index is 0.0458. The molecule has 0 aliphatic carbocycles. The van der Waals surface area contributed by atoms with Gasteiger partial charge >= 0.3 is 0 Å². The summed E-state index contributed by atoms with van der Waals surface area (Å²) in [4.78, 5) is 17.1. The van der Waals surface area contributed by atoms with Crippen LogP contribution in [0.1, 0.15) is 24.0 Å². The summed E-state index contributed by atoms with van der Waals surface area (Å²) < 4.78 is 5.19. The summed E-state index contributed by atoms with van der Waals surface area (Å²) in [5.74, 6) is 1.09. The maximum atomic E-state index is 12.9. The van der Waals surface area contributed by atoms with Crippen LogP contribution in [0.2, 0.25) is 5.02 Å². The summed E-state index contributed by atoms with van der Waals surface area (Å²) in [5, 5.41) is 0.794. The molecule has 5 heteroatoms. The second kappa shape index (κ2) is 9.25. The van der Waals surface area contributed by atoms with Crippen molar-refractivity contribution in [2.24, 2.45) is 5.92 Å². The minimum Gasteiger partial charge on any atom is -0.497 e. The topological polar surface area (TPSA) is 32.8 Å². The standard InChI is InChI=1S/C22H27ClN2O2/c1-24(14-17-9-11-20(27-2)12-10-17)22(26)19-7-5-13-25(16-19)15-18-6-3-4-8-21(18)23/h3-4,6,8-12,19H,5,7,13-16H2,1-2H3. The first-order valence-electron chi connectivity index (χ1n) is 9.40. The van der Waals surface area contributed by atoms with Gasteiger partial charge in [-0.15, -0.1) is 0 Å². The molecule has 4 nitrogen and oxygen atoms in total. The van der Waals surface area contributed by atoms with Gasteiger partial charge in [0.2, 0.25) is 5.91 Å². The Kier molecular flexibility index (Phi) is 6.75. The fourth-order valence-corrected chi connectivity index (χ4v) is 3.86. The maximum absolute atomic E-state index is 12.9. The van der Waals surface area contributed by atoms with Crippen LogP contribution in [0.5, 0.6) is 5.75 Å². The molecule has 1 aliphatic heterocycles. The van der Waals surface area contributed by atoms with E-state index >= 15 is 0 Å². The molecule has 1 amide bonds. The highest BCUT2D eigenvalue weighted by atomic mass is 35.5. The van der Waals surface area contributed by atoms with E-state index in [1.165, 1.54) is 0 Å². The van der Waals surface area contributed by atoms with Crippen molar-refractivity contribution in [3.8, 4) is 5.75 Å². The summed E-state index contributed by atoms with van der Waals surface area (Å²) >= 11 is 6.29. The molecule has 1 fully saturated rings. The largest absolute Gasteiger partial charge is 0.497 e. The summed E-state index contributed by atoms with van der Waals surface area (Å²) in [6.45, 7) is 3.21. The zero-order chi connectivity index (χ0) is 19.2. The monoisotopic (exact) mass is 386 g/mol. The molecule has 0 N–H and O–H groups in total. The molecule has 1 unspecified atom stereocenters. The van der Waals surface area contributed by atoms with Crippen LogP contribution in [-0.4, -0.2) is 43.0 Å². The van der Waals surface area contributed by atoms with Crippen molar-refractivity contribution in [3.05, 3.63) is 64.7 Å². The summed E-state index contributed by atoms with van der Waals surface area (Å²) in [6, 6.07) is 15.8. The van der Waals surface area contributed by atoms with Gasteiger partial charge in [-0.2, -0.15) is 0 Å². The van der Waals surface area contributed by atoms with Crippen LogP contribution >= 0.6 is 11.6 Å². The van der Waals surface area contributed by atoms with Gasteiger partial charge in [-0.05, 0) is 48.7 Å². The molecule has 1 aliphatic rings. The van der Waals surface area contributed by atoms with Crippen molar-refractivity contribution >= 4 is 17.5 Å². The van der Waals surface area contributed by atoms with E-state index in [4.69, 9.17) is 16.3 Å². The van der Waals surface area contributed by atoms with Crippen molar-refractivity contribution in [2.75, 3.05) is 27.2 Å². The third-order valence-electron chi connectivity index (χ3n) is 5.16. The molecule has 0 aromatic heterocycles. The Bertz CT molecular complexity index is 763. The number of carbonyl (C=O) groups is 1. The van der Waals surface area contributed by atoms with Crippen LogP contribution in [0.3, 0.4) is 0 Å². The van der Waals surface area contributed by atoms with Gasteiger partial charge in [0.15, 0.2) is 0 Å². The van der Waals surface area contributed by atoms with Gasteiger partial charge in [0.25, 0.3) is 0 Å². The second-order valence-corrected chi connectivity index (χ2v) is 7.62. The average Bonchev–Trinajstić information content (AvgIpc) is 2.70. The van der Waals surface area contributed by atoms with Crippen molar-refractivity contribution < 1.29 is 9.53 Å². The van der Waals surface area contributed by atoms with Gasteiger partial charge in [0.1, 0.15) is 5.75 Å². The van der Waals surface area contributed by atoms with E-state index in [9.17, 15) is 4.79 Å². The van der Waals surface area contributed by atoms with Crippen molar-refractivity contribution in [2.45, 2.75) is 25.9 Å². The van der Waals surface area contributed by atoms with E-state index in [0.29, 0.717) is 6.54 Å². The molecule has 27 heavy (non-hydrogen) atoms. The first-order chi connectivity index (χ1) is 13.1. The quantitative estimate of drug-likeness (QED) is 0.745. The van der Waals surface area contributed by atoms with Crippen LogP contribution in [0.25, 0.3) is 0 Å². The molecule has 0 bridgehead atoms. The SMILES string of the molecule is COc1ccc(CN(C)C(=O)C2CCCN(Cc3ccccc3Cl)C2)cc1. The Hall–Kier alpha value is -2.04. The van der Waals surface area contributed by atoms with E-state index in [1.807, 2.05) is 54.4 Å². The number of benzene rings is 2. The van der Waals surface area contributed by atoms with E-state index in [0.717, 1.165) is 54.4 Å². The predicted molar refractivity (Wildman–Crippen MR) is 109 cm³/mol. The maximum Gasteiger partial charge on any atom is 0.227 e. The molecular weight excluding hydrogens is 360 g/mol. The lowest BCUT2D eigenvalue weighted by Gasteiger charge is -2.34. The molecule has 1 atom stereocenters. The fraction of sp³-hybridized carbons (Fsp3) is 0.409. The lowest BCUT2D eigenvalue weighted by Crippen LogP contribution is -2.43. The first-order valence-corrected chi connectivity index (χ1v) is 9.78. The second-order valence-electron chi connectivity index (χ2n) is 7.21. The van der Waals surface area contributed by atoms with Crippen LogP contribution in [-0.2, 0) is 17.9 Å². The van der Waals surface area contributed by atoms with E-state index in [2.05, 4.69) is 11.0 Å². The van der Waals surface area contributed by atoms with Gasteiger partial charge in [-0.1, -0.05) is 41.9 Å². The van der Waals surface area contributed by atoms with Crippen molar-refractivity contribution in [1.29, 1.82) is 0 Å². The predicted octanol–water partition coefficient (Wildman–Crippen LogP) is 4.22. The number of piperidine rings is 1. The van der Waals surface area contributed by atoms with Gasteiger partial charge in [0.05, 0.1) is 13.0 Å². The number of amides is 1. The van der Waals surface area contributed by atoms with Gasteiger partial charge in [0, 0.05) is 31.7 Å². The van der Waals surface area contributed by atoms with E-state index in [-0.39, 0.29) is 11.8 Å². The molecule has 2 aromatic rings. The Morgan fingerprint density at radius 3 is 2.67 bits per heavy atom. The molecule has 144 valence electrons. The van der Waals surface area contributed by atoms with E-state index < -0.39 is 0 Å². The lowest BCUT2D eigenvalue weighted by atomic mass is 9.96. The third kappa shape index (κ3) is 5.24. The summed E-state index contributed by atoms with van der Waals surface area (Å²) in [5.41, 5.74) is 2.23. The Morgan fingerprint density at radius 2 is 1.96 bits per heavy atom. The number of halogens is 1. The summed E-state index contributed by atoms with van der Waals surface area (Å²) in [7, 11) is 3.54. The Morgan fingerprint density at radius 1 is 1.22 bits per heavy atom. The molecular formula is C22H27ClN2O2. The molecule has 0 saturated carbocycles. The zero-order valence-corrected chi connectivity index (χ0v) is 16.8. The van der Waals surface area contributed by atoms with Crippen LogP contribution in [0, 0.1) is 5.92 Å². The number of ether oxygens (including phenoxy) is 1. The Balaban J connectivity index is 1.57. The number of nitrogens with zero attached hydrogens (tertiary/aromatic N) is 2. The van der Waals surface area contributed by atoms with Gasteiger partial charge in [-0.3, -0.25) is 9.69 Å². The van der Waals surface area contributed by atoms with Crippen molar-refractivity contribution in [1.82, 2.24) is 9.80 Å². The lowest BCUT2D eigenvalue weighted by molar-refractivity contribution is -0.136. The van der Waals surface area contributed by atoms with Gasteiger partial charge < -0.3 is 9.64 Å². The molecule has 1 saturated heterocycles. The summed E-state index contributed by atoms with van der Waals surface area (Å²) in [6.07, 6.45) is 1.99. The number of carbonyl (C=O) groups excluding carboxylic acids is 1. The van der Waals surface area contributed by atoms with Gasteiger partial charge in [-0.25, -0.2) is 0 Å². The fourth-order valence-electron chi connectivity index (χ4n) is 3.66. The highest BCUT2D eigenvalue weighted by Crippen LogP contribution is 2.24. The third-order valence-corrected chi connectivity index (χ3v) is 5.53. The number of rotatable bonds is 6. The Labute approximate surface area is 166 Å². The average molecular weight is 387 g/mol. The van der Waals surface area contributed by atoms with E-state index in [1.54, 1.807) is 7.11 Å². The highest BCUT2D eigenvalue weighted by Gasteiger charge is 2.28. The number of hydrogen-bond acceptors (Lipinski definition) is 3. The minimum atomic E-state index is 0.0458. The van der Waals surface area contributed by atoms with Crippen molar-refractivity contribution in [3.63, 3.8) is 0 Å². The molecule has 1 heterocycles. The normalized spacial score (nSPS) is 17.5. The van der Waals surface area contributed by atoms with Crippen LogP contribution in [0.15, 0.2) is 48.5 Å². The van der Waals surface area contributed by atoms with Crippen LogP contribution < -0.4 is 4.74 Å². The molecule has 0 radical (unpaired) electrons.